The lowest BCUT2D eigenvalue weighted by atomic mass is 9.97. The largest absolute Gasteiger partial charge is 0.392 e. The molecular weight excluding hydrogens is 315 g/mol. The van der Waals surface area contributed by atoms with E-state index < -0.39 is 18.0 Å². The minimum absolute atomic E-state index is 0.0159. The second kappa shape index (κ2) is 5.67. The van der Waals surface area contributed by atoms with Gasteiger partial charge in [-0.25, -0.2) is 0 Å². The van der Waals surface area contributed by atoms with E-state index in [1.165, 1.54) is 6.07 Å². The number of nitrogens with zero attached hydrogens (tertiary/aromatic N) is 4. The highest BCUT2D eigenvalue weighted by molar-refractivity contribution is 5.92. The maximum atomic E-state index is 12.8. The van der Waals surface area contributed by atoms with E-state index >= 15 is 0 Å². The van der Waals surface area contributed by atoms with Crippen LogP contribution in [0.2, 0.25) is 0 Å². The van der Waals surface area contributed by atoms with Crippen molar-refractivity contribution in [2.24, 2.45) is 5.92 Å². The first-order chi connectivity index (χ1) is 10.8. The predicted molar refractivity (Wildman–Crippen MR) is 70.3 cm³/mol. The zero-order valence-corrected chi connectivity index (χ0v) is 12.2. The second-order valence-corrected chi connectivity index (χ2v) is 5.42. The van der Waals surface area contributed by atoms with Crippen LogP contribution in [-0.2, 0) is 19.5 Å². The highest BCUT2D eigenvalue weighted by atomic mass is 19.4. The lowest BCUT2D eigenvalue weighted by Crippen LogP contribution is -2.32. The molecule has 124 valence electrons. The average molecular weight is 329 g/mol. The number of halogens is 3. The summed E-state index contributed by atoms with van der Waals surface area (Å²) in [7, 11) is 0. The Morgan fingerprint density at radius 1 is 1.48 bits per heavy atom. The van der Waals surface area contributed by atoms with Crippen LogP contribution in [0.4, 0.5) is 13.2 Å². The molecule has 0 bridgehead atoms. The van der Waals surface area contributed by atoms with Crippen molar-refractivity contribution in [3.8, 4) is 0 Å². The van der Waals surface area contributed by atoms with Gasteiger partial charge in [0.15, 0.2) is 11.5 Å². The Morgan fingerprint density at radius 2 is 2.26 bits per heavy atom. The van der Waals surface area contributed by atoms with E-state index in [1.807, 2.05) is 0 Å². The van der Waals surface area contributed by atoms with Crippen LogP contribution in [0.15, 0.2) is 10.6 Å². The van der Waals surface area contributed by atoms with Crippen molar-refractivity contribution in [2.45, 2.75) is 39.0 Å². The average Bonchev–Trinajstić information content (AvgIpc) is 3.09. The lowest BCUT2D eigenvalue weighted by molar-refractivity contribution is -0.179. The maximum Gasteiger partial charge on any atom is 0.392 e. The summed E-state index contributed by atoms with van der Waals surface area (Å²) in [4.78, 5) is 11.9. The van der Waals surface area contributed by atoms with Crippen molar-refractivity contribution in [1.82, 2.24) is 25.2 Å². The summed E-state index contributed by atoms with van der Waals surface area (Å²) in [6.45, 7) is 1.91. The summed E-state index contributed by atoms with van der Waals surface area (Å²) in [5, 5.41) is 13.9. The van der Waals surface area contributed by atoms with Crippen LogP contribution in [-0.4, -0.2) is 32.0 Å². The number of carbonyl (C=O) groups excluding carboxylic acids is 1. The van der Waals surface area contributed by atoms with Crippen LogP contribution in [0.3, 0.4) is 0 Å². The van der Waals surface area contributed by atoms with Crippen molar-refractivity contribution in [3.63, 3.8) is 0 Å². The minimum Gasteiger partial charge on any atom is -0.361 e. The van der Waals surface area contributed by atoms with Crippen molar-refractivity contribution in [1.29, 1.82) is 0 Å². The molecule has 0 unspecified atom stereocenters. The molecule has 0 aromatic carbocycles. The van der Waals surface area contributed by atoms with E-state index in [4.69, 9.17) is 4.52 Å². The van der Waals surface area contributed by atoms with Gasteiger partial charge >= 0.3 is 6.18 Å². The molecule has 1 aliphatic rings. The van der Waals surface area contributed by atoms with Gasteiger partial charge in [0, 0.05) is 19.0 Å². The molecule has 1 amide bonds. The maximum absolute atomic E-state index is 12.8. The number of alkyl halides is 3. The van der Waals surface area contributed by atoms with Crippen LogP contribution in [0.25, 0.3) is 0 Å². The van der Waals surface area contributed by atoms with E-state index in [9.17, 15) is 18.0 Å². The first-order valence-corrected chi connectivity index (χ1v) is 7.04. The second-order valence-electron chi connectivity index (χ2n) is 5.42. The monoisotopic (exact) mass is 329 g/mol. The Kier molecular flexibility index (Phi) is 3.82. The minimum atomic E-state index is -4.23. The third-order valence-electron chi connectivity index (χ3n) is 3.76. The number of fused-ring (bicyclic) bond motifs is 1. The Hall–Kier alpha value is -2.39. The molecule has 2 aromatic heterocycles. The van der Waals surface area contributed by atoms with Gasteiger partial charge in [-0.1, -0.05) is 5.16 Å². The molecule has 1 aliphatic heterocycles. The first-order valence-electron chi connectivity index (χ1n) is 7.04. The van der Waals surface area contributed by atoms with Crippen molar-refractivity contribution in [2.75, 3.05) is 0 Å². The fourth-order valence-electron chi connectivity index (χ4n) is 2.52. The summed E-state index contributed by atoms with van der Waals surface area (Å²) >= 11 is 0. The molecule has 23 heavy (non-hydrogen) atoms. The van der Waals surface area contributed by atoms with Crippen LogP contribution in [0, 0.1) is 12.8 Å². The molecule has 2 aromatic rings. The normalized spacial score (nSPS) is 17.8. The van der Waals surface area contributed by atoms with E-state index in [2.05, 4.69) is 20.7 Å². The lowest BCUT2D eigenvalue weighted by Gasteiger charge is -2.25. The van der Waals surface area contributed by atoms with E-state index in [0.29, 0.717) is 17.4 Å². The topological polar surface area (TPSA) is 85.8 Å². The van der Waals surface area contributed by atoms with Gasteiger partial charge in [0.2, 0.25) is 0 Å². The van der Waals surface area contributed by atoms with Gasteiger partial charge in [-0.3, -0.25) is 4.79 Å². The molecule has 7 nitrogen and oxygen atoms in total. The van der Waals surface area contributed by atoms with Crippen LogP contribution >= 0.6 is 0 Å². The molecule has 3 rings (SSSR count). The first kappa shape index (κ1) is 15.5. The zero-order valence-electron chi connectivity index (χ0n) is 12.2. The quantitative estimate of drug-likeness (QED) is 0.925. The fraction of sp³-hybridized carbons (Fsp3) is 0.538. The van der Waals surface area contributed by atoms with Gasteiger partial charge in [0.05, 0.1) is 12.5 Å². The molecular formula is C13H14F3N5O2. The fourth-order valence-corrected chi connectivity index (χ4v) is 2.52. The number of aromatic nitrogens is 4. The SMILES string of the molecule is Cc1cc(C(=O)NCc2nnc3n2CC[C@@H](C(F)(F)F)C3)no1. The number of nitrogens with one attached hydrogen (secondary N) is 1. The molecule has 0 fully saturated rings. The highest BCUT2D eigenvalue weighted by Gasteiger charge is 2.42. The van der Waals surface area contributed by atoms with Crippen molar-refractivity contribution in [3.05, 3.63) is 29.2 Å². The molecule has 0 saturated carbocycles. The zero-order chi connectivity index (χ0) is 16.6. The van der Waals surface area contributed by atoms with Gasteiger partial charge < -0.3 is 14.4 Å². The van der Waals surface area contributed by atoms with Crippen LogP contribution < -0.4 is 5.32 Å². The summed E-state index contributed by atoms with van der Waals surface area (Å²) < 4.78 is 44.7. The molecule has 3 heterocycles. The third kappa shape index (κ3) is 3.20. The van der Waals surface area contributed by atoms with Gasteiger partial charge in [0.25, 0.3) is 5.91 Å². The number of aryl methyl sites for hydroxylation is 1. The van der Waals surface area contributed by atoms with Crippen molar-refractivity contribution < 1.29 is 22.5 Å². The van der Waals surface area contributed by atoms with Gasteiger partial charge in [0.1, 0.15) is 11.6 Å². The molecule has 10 heteroatoms. The Labute approximate surface area is 128 Å². The number of carbonyl (C=O) groups is 1. The number of hydrogen-bond acceptors (Lipinski definition) is 5. The van der Waals surface area contributed by atoms with Crippen LogP contribution in [0.1, 0.15) is 34.3 Å². The molecule has 0 aliphatic carbocycles. The molecule has 0 spiro atoms. The number of rotatable bonds is 3. The number of amides is 1. The molecule has 1 atom stereocenters. The smallest absolute Gasteiger partial charge is 0.361 e. The summed E-state index contributed by atoms with van der Waals surface area (Å²) in [6, 6.07) is 1.49. The van der Waals surface area contributed by atoms with E-state index in [0.717, 1.165) is 0 Å². The summed E-state index contributed by atoms with van der Waals surface area (Å²) in [5.41, 5.74) is 0.137. The molecule has 0 saturated heterocycles. The summed E-state index contributed by atoms with van der Waals surface area (Å²) in [5.74, 6) is -0.606. The molecule has 1 N–H and O–H groups in total. The highest BCUT2D eigenvalue weighted by Crippen LogP contribution is 2.34. The third-order valence-corrected chi connectivity index (χ3v) is 3.76. The number of hydrogen-bond donors (Lipinski definition) is 1. The van der Waals surface area contributed by atoms with Gasteiger partial charge in [-0.2, -0.15) is 13.2 Å². The molecule has 0 radical (unpaired) electrons. The summed E-state index contributed by atoms with van der Waals surface area (Å²) in [6.07, 6.45) is -4.43. The predicted octanol–water partition coefficient (Wildman–Crippen LogP) is 1.63. The van der Waals surface area contributed by atoms with E-state index in [-0.39, 0.29) is 31.6 Å². The Morgan fingerprint density at radius 3 is 2.91 bits per heavy atom. The standard InChI is InChI=1S/C13H14F3N5O2/c1-7-4-9(20-23-7)12(22)17-6-11-19-18-10-5-8(13(14,15)16)2-3-21(10)11/h4,8H,2-3,5-6H2,1H3,(H,17,22)/t8-/m1/s1. The van der Waals surface area contributed by atoms with Crippen molar-refractivity contribution >= 4 is 5.91 Å². The van der Waals surface area contributed by atoms with Crippen LogP contribution in [0.5, 0.6) is 0 Å². The van der Waals surface area contributed by atoms with Gasteiger partial charge in [-0.05, 0) is 13.3 Å². The van der Waals surface area contributed by atoms with Gasteiger partial charge in [-0.15, -0.1) is 10.2 Å². The Bertz CT molecular complexity index is 722. The Balaban J connectivity index is 1.65. The van der Waals surface area contributed by atoms with E-state index in [1.54, 1.807) is 11.5 Å².